The van der Waals surface area contributed by atoms with Gasteiger partial charge < -0.3 is 10.0 Å². The molecular weight excluding hydrogens is 278 g/mol. The van der Waals surface area contributed by atoms with E-state index in [2.05, 4.69) is 0 Å². The van der Waals surface area contributed by atoms with Gasteiger partial charge in [0.15, 0.2) is 0 Å². The highest BCUT2D eigenvalue weighted by molar-refractivity contribution is 6.32. The minimum atomic E-state index is -0.832. The summed E-state index contributed by atoms with van der Waals surface area (Å²) in [6.45, 7) is 4.55. The zero-order valence-electron chi connectivity index (χ0n) is 11.6. The molecule has 1 N–H and O–H groups in total. The molecule has 0 spiro atoms. The topological polar surface area (TPSA) is 57.6 Å². The Kier molecular flexibility index (Phi) is 4.33. The van der Waals surface area contributed by atoms with E-state index in [4.69, 9.17) is 16.7 Å². The van der Waals surface area contributed by atoms with Crippen LogP contribution in [0.5, 0.6) is 0 Å². The number of carboxylic acid groups (broad SMARTS) is 1. The molecule has 1 aromatic carbocycles. The highest BCUT2D eigenvalue weighted by atomic mass is 35.5. The first-order chi connectivity index (χ1) is 9.40. The second-order valence-electron chi connectivity index (χ2n) is 5.45. The fourth-order valence-corrected chi connectivity index (χ4v) is 2.80. The largest absolute Gasteiger partial charge is 0.481 e. The third-order valence-electron chi connectivity index (χ3n) is 3.90. The summed E-state index contributed by atoms with van der Waals surface area (Å²) >= 11 is 6.19. The summed E-state index contributed by atoms with van der Waals surface area (Å²) in [5, 5.41) is 9.71. The Labute approximate surface area is 123 Å². The lowest BCUT2D eigenvalue weighted by molar-refractivity contribution is -0.142. The lowest BCUT2D eigenvalue weighted by atomic mass is 9.99. The number of likely N-dealkylation sites (tertiary alicyclic amines) is 1. The van der Waals surface area contributed by atoms with Crippen LogP contribution in [0.1, 0.15) is 18.1 Å². The fraction of sp³-hybridized carbons (Fsp3) is 0.467. The molecule has 1 fully saturated rings. The Hall–Kier alpha value is -1.55. The van der Waals surface area contributed by atoms with E-state index in [1.807, 2.05) is 32.0 Å². The van der Waals surface area contributed by atoms with Gasteiger partial charge in [-0.25, -0.2) is 0 Å². The molecule has 1 aromatic rings. The van der Waals surface area contributed by atoms with Crippen LogP contribution in [0.15, 0.2) is 18.2 Å². The van der Waals surface area contributed by atoms with E-state index in [0.717, 1.165) is 11.1 Å². The summed E-state index contributed by atoms with van der Waals surface area (Å²) in [7, 11) is 0. The average Bonchev–Trinajstić information content (AvgIpc) is 2.77. The van der Waals surface area contributed by atoms with E-state index < -0.39 is 11.9 Å². The van der Waals surface area contributed by atoms with Crippen molar-refractivity contribution in [2.45, 2.75) is 20.3 Å². The molecule has 1 saturated heterocycles. The first-order valence-corrected chi connectivity index (χ1v) is 7.02. The SMILES string of the molecule is Cc1cccc(CC(=O)N2C[C@@H](C)[C@H](C(=O)O)C2)c1Cl. The summed E-state index contributed by atoms with van der Waals surface area (Å²) in [5.74, 6) is -1.37. The molecule has 0 aliphatic carbocycles. The zero-order valence-corrected chi connectivity index (χ0v) is 12.4. The lowest BCUT2D eigenvalue weighted by Crippen LogP contribution is -2.31. The molecule has 1 aliphatic heterocycles. The molecule has 1 aliphatic rings. The van der Waals surface area contributed by atoms with Crippen LogP contribution in [-0.4, -0.2) is 35.0 Å². The number of carbonyl (C=O) groups is 2. The quantitative estimate of drug-likeness (QED) is 0.931. The lowest BCUT2D eigenvalue weighted by Gasteiger charge is -2.16. The molecule has 4 nitrogen and oxygen atoms in total. The molecule has 0 radical (unpaired) electrons. The van der Waals surface area contributed by atoms with Crippen molar-refractivity contribution in [3.63, 3.8) is 0 Å². The summed E-state index contributed by atoms with van der Waals surface area (Å²) in [6.07, 6.45) is 0.222. The molecule has 0 saturated carbocycles. The van der Waals surface area contributed by atoms with Crippen LogP contribution in [0.2, 0.25) is 5.02 Å². The van der Waals surface area contributed by atoms with Crippen molar-refractivity contribution in [2.24, 2.45) is 11.8 Å². The van der Waals surface area contributed by atoms with Crippen molar-refractivity contribution in [3.8, 4) is 0 Å². The normalized spacial score (nSPS) is 22.1. The van der Waals surface area contributed by atoms with E-state index in [1.54, 1.807) is 4.90 Å². The number of carboxylic acids is 1. The Balaban J connectivity index is 2.06. The highest BCUT2D eigenvalue weighted by Gasteiger charge is 2.36. The van der Waals surface area contributed by atoms with Gasteiger partial charge in [0.1, 0.15) is 0 Å². The fourth-order valence-electron chi connectivity index (χ4n) is 2.61. The van der Waals surface area contributed by atoms with Crippen molar-refractivity contribution in [2.75, 3.05) is 13.1 Å². The number of rotatable bonds is 3. The number of halogens is 1. The number of carbonyl (C=O) groups excluding carboxylic acids is 1. The highest BCUT2D eigenvalue weighted by Crippen LogP contribution is 2.25. The van der Waals surface area contributed by atoms with Crippen LogP contribution >= 0.6 is 11.6 Å². The van der Waals surface area contributed by atoms with E-state index in [9.17, 15) is 9.59 Å². The zero-order chi connectivity index (χ0) is 14.9. The van der Waals surface area contributed by atoms with Crippen LogP contribution in [0, 0.1) is 18.8 Å². The molecule has 20 heavy (non-hydrogen) atoms. The number of aliphatic carboxylic acids is 1. The first-order valence-electron chi connectivity index (χ1n) is 6.64. The molecule has 1 amide bonds. The molecule has 5 heteroatoms. The van der Waals surface area contributed by atoms with E-state index >= 15 is 0 Å². The third kappa shape index (κ3) is 2.96. The molecule has 0 aromatic heterocycles. The van der Waals surface area contributed by atoms with Crippen molar-refractivity contribution >= 4 is 23.5 Å². The van der Waals surface area contributed by atoms with Crippen molar-refractivity contribution in [3.05, 3.63) is 34.3 Å². The number of nitrogens with zero attached hydrogens (tertiary/aromatic N) is 1. The van der Waals surface area contributed by atoms with Gasteiger partial charge in [0, 0.05) is 18.1 Å². The van der Waals surface area contributed by atoms with Crippen LogP contribution in [-0.2, 0) is 16.0 Å². The van der Waals surface area contributed by atoms with Crippen LogP contribution in [0.4, 0.5) is 0 Å². The molecule has 2 atom stereocenters. The Morgan fingerprint density at radius 1 is 1.40 bits per heavy atom. The molecule has 1 heterocycles. The van der Waals surface area contributed by atoms with Gasteiger partial charge in [0.2, 0.25) is 5.91 Å². The van der Waals surface area contributed by atoms with Crippen molar-refractivity contribution in [1.29, 1.82) is 0 Å². The standard InChI is InChI=1S/C15H18ClNO3/c1-9-4-3-5-11(14(9)16)6-13(18)17-7-10(2)12(8-17)15(19)20/h3-5,10,12H,6-8H2,1-2H3,(H,19,20)/t10-,12-/m1/s1. The summed E-state index contributed by atoms with van der Waals surface area (Å²) in [4.78, 5) is 25.0. The van der Waals surface area contributed by atoms with Gasteiger partial charge in [-0.15, -0.1) is 0 Å². The summed E-state index contributed by atoms with van der Waals surface area (Å²) in [6, 6.07) is 5.60. The van der Waals surface area contributed by atoms with Crippen molar-refractivity contribution < 1.29 is 14.7 Å². The molecule has 2 rings (SSSR count). The minimum absolute atomic E-state index is 0.00979. The average molecular weight is 296 g/mol. The maximum Gasteiger partial charge on any atom is 0.308 e. The Morgan fingerprint density at radius 3 is 2.70 bits per heavy atom. The van der Waals surface area contributed by atoms with E-state index in [-0.39, 0.29) is 18.2 Å². The first kappa shape index (κ1) is 14.9. The van der Waals surface area contributed by atoms with Gasteiger partial charge >= 0.3 is 5.97 Å². The predicted octanol–water partition coefficient (Wildman–Crippen LogP) is 2.37. The van der Waals surface area contributed by atoms with E-state index in [1.165, 1.54) is 0 Å². The number of hydrogen-bond acceptors (Lipinski definition) is 2. The smallest absolute Gasteiger partial charge is 0.308 e. The second kappa shape index (κ2) is 5.83. The van der Waals surface area contributed by atoms with Gasteiger partial charge in [-0.3, -0.25) is 9.59 Å². The van der Waals surface area contributed by atoms with Crippen LogP contribution < -0.4 is 0 Å². The second-order valence-corrected chi connectivity index (χ2v) is 5.82. The molecule has 0 bridgehead atoms. The monoisotopic (exact) mass is 295 g/mol. The molecule has 108 valence electrons. The van der Waals surface area contributed by atoms with Gasteiger partial charge in [-0.05, 0) is 24.0 Å². The van der Waals surface area contributed by atoms with Gasteiger partial charge in [0.25, 0.3) is 0 Å². The number of benzene rings is 1. The third-order valence-corrected chi connectivity index (χ3v) is 4.44. The number of aryl methyl sites for hydroxylation is 1. The minimum Gasteiger partial charge on any atom is -0.481 e. The predicted molar refractivity (Wildman–Crippen MR) is 76.8 cm³/mol. The number of hydrogen-bond donors (Lipinski definition) is 1. The number of amides is 1. The molecule has 0 unspecified atom stereocenters. The van der Waals surface area contributed by atoms with Gasteiger partial charge in [-0.2, -0.15) is 0 Å². The van der Waals surface area contributed by atoms with Gasteiger partial charge in [-0.1, -0.05) is 36.7 Å². The van der Waals surface area contributed by atoms with Crippen LogP contribution in [0.25, 0.3) is 0 Å². The Morgan fingerprint density at radius 2 is 2.10 bits per heavy atom. The van der Waals surface area contributed by atoms with Crippen molar-refractivity contribution in [1.82, 2.24) is 4.90 Å². The molecular formula is C15H18ClNO3. The van der Waals surface area contributed by atoms with E-state index in [0.29, 0.717) is 18.1 Å². The summed E-state index contributed by atoms with van der Waals surface area (Å²) < 4.78 is 0. The van der Waals surface area contributed by atoms with Gasteiger partial charge in [0.05, 0.1) is 12.3 Å². The van der Waals surface area contributed by atoms with Crippen LogP contribution in [0.3, 0.4) is 0 Å². The Bertz CT molecular complexity index is 544. The maximum absolute atomic E-state index is 12.3. The maximum atomic E-state index is 12.3. The summed E-state index contributed by atoms with van der Waals surface area (Å²) in [5.41, 5.74) is 1.73.